The fourth-order valence-electron chi connectivity index (χ4n) is 2.24. The lowest BCUT2D eigenvalue weighted by Gasteiger charge is -2.19. The summed E-state index contributed by atoms with van der Waals surface area (Å²) in [4.78, 5) is 2.22. The summed E-state index contributed by atoms with van der Waals surface area (Å²) >= 11 is 5.91. The second-order valence-corrected chi connectivity index (χ2v) is 5.10. The van der Waals surface area contributed by atoms with Gasteiger partial charge in [-0.25, -0.2) is 0 Å². The van der Waals surface area contributed by atoms with Gasteiger partial charge in [0.1, 0.15) is 30.1 Å². The van der Waals surface area contributed by atoms with Gasteiger partial charge in [0, 0.05) is 6.54 Å². The number of ether oxygens (including phenoxy) is 1. The summed E-state index contributed by atoms with van der Waals surface area (Å²) in [6.45, 7) is 2.86. The van der Waals surface area contributed by atoms with Gasteiger partial charge in [0.15, 0.2) is 0 Å². The highest BCUT2D eigenvalue weighted by atomic mass is 35.5. The van der Waals surface area contributed by atoms with Crippen LogP contribution in [0.2, 0.25) is 5.02 Å². The van der Waals surface area contributed by atoms with Gasteiger partial charge in [0.2, 0.25) is 0 Å². The summed E-state index contributed by atoms with van der Waals surface area (Å²) in [6, 6.07) is 7.07. The van der Waals surface area contributed by atoms with E-state index in [0.717, 1.165) is 13.1 Å². The van der Waals surface area contributed by atoms with Gasteiger partial charge in [-0.05, 0) is 38.1 Å². The molecule has 1 aliphatic heterocycles. The van der Waals surface area contributed by atoms with E-state index in [0.29, 0.717) is 22.9 Å². The Morgan fingerprint density at radius 3 is 2.84 bits per heavy atom. The standard InChI is InChI=1S/C14H17ClN2O2/c15-13-4-3-5-14(12(13)8-16)19-10-11(18)9-17-6-1-2-7-17/h3-5,11,18H,1-2,6-7,9-10H2. The highest BCUT2D eigenvalue weighted by molar-refractivity contribution is 6.31. The van der Waals surface area contributed by atoms with Crippen LogP contribution in [0.4, 0.5) is 0 Å². The van der Waals surface area contributed by atoms with Crippen molar-refractivity contribution in [3.05, 3.63) is 28.8 Å². The zero-order chi connectivity index (χ0) is 13.7. The summed E-state index contributed by atoms with van der Waals surface area (Å²) in [5.74, 6) is 0.426. The highest BCUT2D eigenvalue weighted by Crippen LogP contribution is 2.25. The van der Waals surface area contributed by atoms with Crippen molar-refractivity contribution in [2.24, 2.45) is 0 Å². The Bertz CT molecular complexity index is 467. The average molecular weight is 281 g/mol. The number of hydrogen-bond acceptors (Lipinski definition) is 4. The van der Waals surface area contributed by atoms with Crippen molar-refractivity contribution in [1.82, 2.24) is 4.90 Å². The van der Waals surface area contributed by atoms with Gasteiger partial charge < -0.3 is 14.7 Å². The van der Waals surface area contributed by atoms with E-state index in [4.69, 9.17) is 21.6 Å². The third-order valence-electron chi connectivity index (χ3n) is 3.19. The number of likely N-dealkylation sites (tertiary alicyclic amines) is 1. The molecule has 1 N–H and O–H groups in total. The van der Waals surface area contributed by atoms with Crippen molar-refractivity contribution >= 4 is 11.6 Å². The Kier molecular flexibility index (Phi) is 5.03. The second-order valence-electron chi connectivity index (χ2n) is 4.70. The lowest BCUT2D eigenvalue weighted by molar-refractivity contribution is 0.0757. The number of benzene rings is 1. The molecule has 5 heteroatoms. The largest absolute Gasteiger partial charge is 0.489 e. The number of hydrogen-bond donors (Lipinski definition) is 1. The molecule has 1 atom stereocenters. The maximum atomic E-state index is 9.92. The van der Waals surface area contributed by atoms with Crippen LogP contribution in [-0.4, -0.2) is 42.4 Å². The summed E-state index contributed by atoms with van der Waals surface area (Å²) in [7, 11) is 0. The van der Waals surface area contributed by atoms with E-state index in [-0.39, 0.29) is 6.61 Å². The molecule has 0 spiro atoms. The number of rotatable bonds is 5. The first-order valence-electron chi connectivity index (χ1n) is 6.42. The first kappa shape index (κ1) is 14.1. The number of halogens is 1. The van der Waals surface area contributed by atoms with Crippen LogP contribution in [0.15, 0.2) is 18.2 Å². The Hall–Kier alpha value is -1.28. The molecule has 0 bridgehead atoms. The van der Waals surface area contributed by atoms with Crippen LogP contribution in [0.1, 0.15) is 18.4 Å². The Morgan fingerprint density at radius 1 is 1.42 bits per heavy atom. The highest BCUT2D eigenvalue weighted by Gasteiger charge is 2.17. The van der Waals surface area contributed by atoms with Crippen LogP contribution in [0.5, 0.6) is 5.75 Å². The Balaban J connectivity index is 1.88. The predicted molar refractivity (Wildman–Crippen MR) is 73.3 cm³/mol. The Labute approximate surface area is 118 Å². The molecule has 1 aromatic carbocycles. The molecule has 1 fully saturated rings. The predicted octanol–water partition coefficient (Wildman–Crippen LogP) is 2.05. The molecule has 0 aromatic heterocycles. The van der Waals surface area contributed by atoms with Crippen LogP contribution in [0.25, 0.3) is 0 Å². The summed E-state index contributed by atoms with van der Waals surface area (Å²) in [5, 5.41) is 19.3. The van der Waals surface area contributed by atoms with Crippen LogP contribution >= 0.6 is 11.6 Å². The minimum atomic E-state index is -0.552. The third kappa shape index (κ3) is 3.84. The monoisotopic (exact) mass is 280 g/mol. The van der Waals surface area contributed by atoms with E-state index in [1.165, 1.54) is 12.8 Å². The van der Waals surface area contributed by atoms with Gasteiger partial charge in [0.05, 0.1) is 5.02 Å². The molecule has 0 amide bonds. The zero-order valence-corrected chi connectivity index (χ0v) is 11.4. The fraction of sp³-hybridized carbons (Fsp3) is 0.500. The number of β-amino-alcohol motifs (C(OH)–C–C–N with tert-alkyl or cyclic N) is 1. The number of nitrogens with zero attached hydrogens (tertiary/aromatic N) is 2. The van der Waals surface area contributed by atoms with Crippen LogP contribution < -0.4 is 4.74 Å². The lowest BCUT2D eigenvalue weighted by atomic mass is 10.2. The van der Waals surface area contributed by atoms with E-state index >= 15 is 0 Å². The van der Waals surface area contributed by atoms with Crippen LogP contribution in [0.3, 0.4) is 0 Å². The van der Waals surface area contributed by atoms with Gasteiger partial charge in [-0.3, -0.25) is 0 Å². The molecule has 19 heavy (non-hydrogen) atoms. The number of nitriles is 1. The fourth-order valence-corrected chi connectivity index (χ4v) is 2.44. The van der Waals surface area contributed by atoms with Gasteiger partial charge in [0.25, 0.3) is 0 Å². The topological polar surface area (TPSA) is 56.5 Å². The van der Waals surface area contributed by atoms with Crippen LogP contribution in [0, 0.1) is 11.3 Å². The molecule has 0 aliphatic carbocycles. The van der Waals surface area contributed by atoms with Crippen molar-refractivity contribution in [1.29, 1.82) is 5.26 Å². The SMILES string of the molecule is N#Cc1c(Cl)cccc1OCC(O)CN1CCCC1. The molecule has 2 rings (SSSR count). The van der Waals surface area contributed by atoms with Crippen LogP contribution in [-0.2, 0) is 0 Å². The maximum absolute atomic E-state index is 9.92. The van der Waals surface area contributed by atoms with E-state index in [1.807, 2.05) is 6.07 Å². The summed E-state index contributed by atoms with van der Waals surface area (Å²) < 4.78 is 5.50. The second kappa shape index (κ2) is 6.76. The quantitative estimate of drug-likeness (QED) is 0.897. The molecule has 102 valence electrons. The molecule has 1 heterocycles. The smallest absolute Gasteiger partial charge is 0.138 e. The van der Waals surface area contributed by atoms with Crippen molar-refractivity contribution in [2.45, 2.75) is 18.9 Å². The molecular formula is C14H17ClN2O2. The molecule has 0 radical (unpaired) electrons. The van der Waals surface area contributed by atoms with E-state index < -0.39 is 6.10 Å². The molecule has 4 nitrogen and oxygen atoms in total. The van der Waals surface area contributed by atoms with Gasteiger partial charge in [-0.15, -0.1) is 0 Å². The molecule has 1 unspecified atom stereocenters. The first-order chi connectivity index (χ1) is 9.20. The lowest BCUT2D eigenvalue weighted by Crippen LogP contribution is -2.33. The summed E-state index contributed by atoms with van der Waals surface area (Å²) in [6.07, 6.45) is 1.84. The molecule has 1 aromatic rings. The first-order valence-corrected chi connectivity index (χ1v) is 6.80. The molecule has 0 saturated carbocycles. The molecular weight excluding hydrogens is 264 g/mol. The zero-order valence-electron chi connectivity index (χ0n) is 10.7. The Morgan fingerprint density at radius 2 is 2.16 bits per heavy atom. The molecule has 1 aliphatic rings. The summed E-state index contributed by atoms with van der Waals surface area (Å²) in [5.41, 5.74) is 0.317. The van der Waals surface area contributed by atoms with Crippen molar-refractivity contribution < 1.29 is 9.84 Å². The molecule has 1 saturated heterocycles. The van der Waals surface area contributed by atoms with E-state index in [9.17, 15) is 5.11 Å². The van der Waals surface area contributed by atoms with Crippen molar-refractivity contribution in [3.63, 3.8) is 0 Å². The normalized spacial score (nSPS) is 17.1. The minimum absolute atomic E-state index is 0.172. The van der Waals surface area contributed by atoms with Crippen molar-refractivity contribution in [2.75, 3.05) is 26.2 Å². The van der Waals surface area contributed by atoms with E-state index in [2.05, 4.69) is 4.90 Å². The van der Waals surface area contributed by atoms with Gasteiger partial charge in [-0.1, -0.05) is 17.7 Å². The van der Waals surface area contributed by atoms with Gasteiger partial charge in [-0.2, -0.15) is 5.26 Å². The maximum Gasteiger partial charge on any atom is 0.138 e. The number of aliphatic hydroxyl groups is 1. The average Bonchev–Trinajstić information content (AvgIpc) is 2.89. The van der Waals surface area contributed by atoms with Crippen molar-refractivity contribution in [3.8, 4) is 11.8 Å². The third-order valence-corrected chi connectivity index (χ3v) is 3.50. The van der Waals surface area contributed by atoms with Gasteiger partial charge >= 0.3 is 0 Å². The number of aliphatic hydroxyl groups excluding tert-OH is 1. The minimum Gasteiger partial charge on any atom is -0.489 e. The van der Waals surface area contributed by atoms with E-state index in [1.54, 1.807) is 18.2 Å².